The summed E-state index contributed by atoms with van der Waals surface area (Å²) < 4.78 is 0.741. The normalized spacial score (nSPS) is 16.6. The highest BCUT2D eigenvalue weighted by atomic mass is 79.9. The van der Waals surface area contributed by atoms with Gasteiger partial charge >= 0.3 is 6.09 Å². The van der Waals surface area contributed by atoms with Gasteiger partial charge in [-0.2, -0.15) is 0 Å². The van der Waals surface area contributed by atoms with Crippen molar-refractivity contribution in [3.05, 3.63) is 92.4 Å². The molecule has 2 atom stereocenters. The number of carbonyl (C=O) groups is 2. The Morgan fingerprint density at radius 1 is 1.12 bits per heavy atom. The van der Waals surface area contributed by atoms with Crippen LogP contribution in [0.1, 0.15) is 59.7 Å². The van der Waals surface area contributed by atoms with Gasteiger partial charge in [-0.15, -0.1) is 0 Å². The standard InChI is InChI=1S/C33H39BrClN3O4/c1-3-22-8-4-9-24(18-22)30-27(11-5-12-29(30)35)33(42,15-7-16-37-32(40)41)25-10-6-17-38(21-25)31(39)26-14-13-23(20-36-2)19-28(26)34/h4-5,8-9,11-14,18-19,25,36-37,42H,3,6-7,10,15-17,20-21H2,1-2H3,(H,40,41). The highest BCUT2D eigenvalue weighted by Crippen LogP contribution is 2.46. The topological polar surface area (TPSA) is 102 Å². The fourth-order valence-electron chi connectivity index (χ4n) is 6.00. The minimum Gasteiger partial charge on any atom is -0.465 e. The smallest absolute Gasteiger partial charge is 0.404 e. The number of nitrogens with one attached hydrogen (secondary N) is 2. The molecule has 7 nitrogen and oxygen atoms in total. The van der Waals surface area contributed by atoms with Gasteiger partial charge in [-0.3, -0.25) is 4.79 Å². The van der Waals surface area contributed by atoms with Crippen LogP contribution in [0.4, 0.5) is 4.79 Å². The number of carboxylic acid groups (broad SMARTS) is 1. The molecule has 0 aliphatic carbocycles. The van der Waals surface area contributed by atoms with Crippen LogP contribution in [0.15, 0.2) is 65.1 Å². The summed E-state index contributed by atoms with van der Waals surface area (Å²) in [4.78, 5) is 26.7. The van der Waals surface area contributed by atoms with E-state index in [4.69, 9.17) is 16.7 Å². The highest BCUT2D eigenvalue weighted by Gasteiger charge is 2.43. The van der Waals surface area contributed by atoms with Gasteiger partial charge in [-0.05, 0) is 95.5 Å². The first-order chi connectivity index (χ1) is 20.2. The number of benzene rings is 3. The van der Waals surface area contributed by atoms with E-state index >= 15 is 0 Å². The second-order valence-electron chi connectivity index (χ2n) is 10.9. The Balaban J connectivity index is 1.71. The van der Waals surface area contributed by atoms with Gasteiger partial charge < -0.3 is 25.7 Å². The molecule has 4 N–H and O–H groups in total. The molecule has 1 aliphatic rings. The van der Waals surface area contributed by atoms with E-state index in [1.807, 2.05) is 60.5 Å². The fourth-order valence-corrected chi connectivity index (χ4v) is 6.88. The number of aryl methyl sites for hydroxylation is 1. The third kappa shape index (κ3) is 7.35. The highest BCUT2D eigenvalue weighted by molar-refractivity contribution is 9.10. The molecule has 1 saturated heterocycles. The maximum Gasteiger partial charge on any atom is 0.404 e. The Hall–Kier alpha value is -2.91. The van der Waals surface area contributed by atoms with Gasteiger partial charge in [0.15, 0.2) is 0 Å². The lowest BCUT2D eigenvalue weighted by Gasteiger charge is -2.44. The Bertz CT molecular complexity index is 1420. The molecule has 224 valence electrons. The molecule has 1 fully saturated rings. The SMILES string of the molecule is CCc1cccc(-c2c(Cl)cccc2C(O)(CCCNC(=O)O)C2CCCN(C(=O)c3ccc(CNC)cc3Br)C2)c1. The van der Waals surface area contributed by atoms with Crippen molar-refractivity contribution in [3.8, 4) is 11.1 Å². The molecule has 0 saturated carbocycles. The zero-order valence-electron chi connectivity index (χ0n) is 24.1. The Kier molecular flexibility index (Phi) is 11.1. The number of aliphatic hydroxyl groups is 1. The van der Waals surface area contributed by atoms with Crippen LogP contribution in [-0.2, 0) is 18.6 Å². The lowest BCUT2D eigenvalue weighted by Crippen LogP contribution is -2.48. The van der Waals surface area contributed by atoms with E-state index in [1.165, 1.54) is 0 Å². The number of likely N-dealkylation sites (tertiary alicyclic amines) is 1. The van der Waals surface area contributed by atoms with Crippen molar-refractivity contribution in [1.82, 2.24) is 15.5 Å². The largest absolute Gasteiger partial charge is 0.465 e. The Labute approximate surface area is 261 Å². The monoisotopic (exact) mass is 655 g/mol. The van der Waals surface area contributed by atoms with Gasteiger partial charge in [0.05, 0.1) is 11.2 Å². The number of hydrogen-bond donors (Lipinski definition) is 4. The van der Waals surface area contributed by atoms with Crippen LogP contribution in [0.5, 0.6) is 0 Å². The molecule has 0 bridgehead atoms. The van der Waals surface area contributed by atoms with Crippen molar-refractivity contribution in [2.45, 2.75) is 51.2 Å². The van der Waals surface area contributed by atoms with E-state index in [2.05, 4.69) is 45.6 Å². The quantitative estimate of drug-likeness (QED) is 0.169. The summed E-state index contributed by atoms with van der Waals surface area (Å²) in [5.74, 6) is -0.367. The minimum atomic E-state index is -1.35. The predicted octanol–water partition coefficient (Wildman–Crippen LogP) is 6.84. The van der Waals surface area contributed by atoms with E-state index in [1.54, 1.807) is 0 Å². The fraction of sp³-hybridized carbons (Fsp3) is 0.394. The molecule has 0 radical (unpaired) electrons. The molecule has 1 aliphatic heterocycles. The van der Waals surface area contributed by atoms with E-state index in [0.29, 0.717) is 48.6 Å². The number of hydrogen-bond acceptors (Lipinski definition) is 4. The molecule has 0 spiro atoms. The summed E-state index contributed by atoms with van der Waals surface area (Å²) in [6, 6.07) is 19.5. The first kappa shape index (κ1) is 32.0. The summed E-state index contributed by atoms with van der Waals surface area (Å²) in [5, 5.41) is 27.9. The molecule has 9 heteroatoms. The van der Waals surface area contributed by atoms with Crippen LogP contribution >= 0.6 is 27.5 Å². The second-order valence-corrected chi connectivity index (χ2v) is 12.2. The van der Waals surface area contributed by atoms with E-state index in [-0.39, 0.29) is 18.4 Å². The van der Waals surface area contributed by atoms with Crippen LogP contribution in [0, 0.1) is 5.92 Å². The number of nitrogens with zero attached hydrogens (tertiary/aromatic N) is 1. The average molecular weight is 657 g/mol. The van der Waals surface area contributed by atoms with Crippen LogP contribution in [0.3, 0.4) is 0 Å². The van der Waals surface area contributed by atoms with E-state index in [9.17, 15) is 14.7 Å². The zero-order chi connectivity index (χ0) is 30.3. The van der Waals surface area contributed by atoms with Crippen molar-refractivity contribution in [2.75, 3.05) is 26.7 Å². The summed E-state index contributed by atoms with van der Waals surface area (Å²) in [7, 11) is 1.88. The lowest BCUT2D eigenvalue weighted by molar-refractivity contribution is -0.0563. The van der Waals surface area contributed by atoms with Gasteiger partial charge in [-0.25, -0.2) is 4.79 Å². The van der Waals surface area contributed by atoms with Gasteiger partial charge in [0.25, 0.3) is 5.91 Å². The van der Waals surface area contributed by atoms with Gasteiger partial charge in [0, 0.05) is 47.2 Å². The second kappa shape index (κ2) is 14.5. The molecule has 4 rings (SSSR count). The molecular weight excluding hydrogens is 618 g/mol. The maximum absolute atomic E-state index is 13.7. The van der Waals surface area contributed by atoms with Gasteiger partial charge in [0.2, 0.25) is 0 Å². The van der Waals surface area contributed by atoms with Crippen LogP contribution in [-0.4, -0.2) is 53.8 Å². The van der Waals surface area contributed by atoms with Crippen molar-refractivity contribution < 1.29 is 19.8 Å². The first-order valence-corrected chi connectivity index (χ1v) is 15.6. The molecule has 3 aromatic rings. The third-order valence-corrected chi connectivity index (χ3v) is 9.11. The van der Waals surface area contributed by atoms with Gasteiger partial charge in [-0.1, -0.05) is 61.0 Å². The molecule has 3 aromatic carbocycles. The molecule has 0 aromatic heterocycles. The maximum atomic E-state index is 13.7. The molecule has 1 heterocycles. The Morgan fingerprint density at radius 3 is 2.62 bits per heavy atom. The number of halogens is 2. The first-order valence-electron chi connectivity index (χ1n) is 14.5. The predicted molar refractivity (Wildman–Crippen MR) is 171 cm³/mol. The van der Waals surface area contributed by atoms with Crippen molar-refractivity contribution >= 4 is 39.5 Å². The van der Waals surface area contributed by atoms with Crippen molar-refractivity contribution in [3.63, 3.8) is 0 Å². The van der Waals surface area contributed by atoms with Crippen LogP contribution in [0.2, 0.25) is 5.02 Å². The van der Waals surface area contributed by atoms with E-state index in [0.717, 1.165) is 46.0 Å². The molecule has 2 unspecified atom stereocenters. The molecular formula is C33H39BrClN3O4. The number of carbonyl (C=O) groups excluding carboxylic acids is 1. The summed E-state index contributed by atoms with van der Waals surface area (Å²) in [6.07, 6.45) is 1.96. The van der Waals surface area contributed by atoms with Crippen LogP contribution < -0.4 is 10.6 Å². The van der Waals surface area contributed by atoms with Crippen molar-refractivity contribution in [2.24, 2.45) is 5.92 Å². The van der Waals surface area contributed by atoms with Crippen molar-refractivity contribution in [1.29, 1.82) is 0 Å². The number of amides is 2. The molecule has 42 heavy (non-hydrogen) atoms. The average Bonchev–Trinajstić information content (AvgIpc) is 2.99. The minimum absolute atomic E-state index is 0.0839. The number of piperidine rings is 1. The number of rotatable bonds is 11. The summed E-state index contributed by atoms with van der Waals surface area (Å²) in [6.45, 7) is 3.97. The third-order valence-electron chi connectivity index (χ3n) is 8.14. The zero-order valence-corrected chi connectivity index (χ0v) is 26.5. The summed E-state index contributed by atoms with van der Waals surface area (Å²) >= 11 is 10.4. The van der Waals surface area contributed by atoms with Crippen LogP contribution in [0.25, 0.3) is 11.1 Å². The Morgan fingerprint density at radius 2 is 1.90 bits per heavy atom. The van der Waals surface area contributed by atoms with Gasteiger partial charge in [0.1, 0.15) is 0 Å². The lowest BCUT2D eigenvalue weighted by atomic mass is 9.72. The van der Waals surface area contributed by atoms with E-state index < -0.39 is 11.7 Å². The molecule has 2 amide bonds. The summed E-state index contributed by atoms with van der Waals surface area (Å²) in [5.41, 5.74) is 3.87.